The number of imide groups is 1. The van der Waals surface area contributed by atoms with E-state index < -0.39 is 0 Å². The van der Waals surface area contributed by atoms with E-state index in [9.17, 15) is 9.59 Å². The third-order valence-corrected chi connectivity index (χ3v) is 5.05. The van der Waals surface area contributed by atoms with E-state index in [1.165, 1.54) is 57.8 Å². The number of rotatable bonds is 4. The normalized spacial score (nSPS) is 22.6. The van der Waals surface area contributed by atoms with Crippen molar-refractivity contribution in [1.82, 2.24) is 10.6 Å². The Morgan fingerprint density at radius 1 is 0.909 bits per heavy atom. The van der Waals surface area contributed by atoms with Crippen LogP contribution in [0.3, 0.4) is 0 Å². The first-order valence-electron chi connectivity index (χ1n) is 9.11. The quantitative estimate of drug-likeness (QED) is 0.741. The number of quaternary nitrogens is 1. The molecular formula is C17H32N3O2+. The molecule has 0 radical (unpaired) electrons. The molecule has 2 aliphatic rings. The number of nitrogens with two attached hydrogens (primary N) is 1. The van der Waals surface area contributed by atoms with Crippen LogP contribution in [0, 0.1) is 0 Å². The average Bonchev–Trinajstić information content (AvgIpc) is 2.94. The predicted octanol–water partition coefficient (Wildman–Crippen LogP) is 1.82. The van der Waals surface area contributed by atoms with Gasteiger partial charge in [-0.25, -0.2) is 4.79 Å². The summed E-state index contributed by atoms with van der Waals surface area (Å²) < 4.78 is 0. The van der Waals surface area contributed by atoms with Crippen LogP contribution in [0.1, 0.15) is 77.6 Å². The lowest BCUT2D eigenvalue weighted by Crippen LogP contribution is -2.96. The maximum absolute atomic E-state index is 12.2. The molecule has 2 saturated carbocycles. The fourth-order valence-electron chi connectivity index (χ4n) is 3.69. The van der Waals surface area contributed by atoms with Gasteiger partial charge in [0.15, 0.2) is 6.04 Å². The van der Waals surface area contributed by atoms with E-state index in [-0.39, 0.29) is 24.0 Å². The van der Waals surface area contributed by atoms with Crippen LogP contribution in [0.15, 0.2) is 0 Å². The maximum Gasteiger partial charge on any atom is 0.321 e. The predicted molar refractivity (Wildman–Crippen MR) is 86.4 cm³/mol. The third-order valence-electron chi connectivity index (χ3n) is 5.05. The highest BCUT2D eigenvalue weighted by Crippen LogP contribution is 2.17. The van der Waals surface area contributed by atoms with Gasteiger partial charge in [0.1, 0.15) is 0 Å². The summed E-state index contributed by atoms with van der Waals surface area (Å²) in [4.78, 5) is 24.0. The standard InChI is InChI=1S/C17H31N3O2/c1-13(18-14-9-5-3-2-4-6-10-14)16(21)20-17(22)19-15-11-7-8-12-15/h13-15,18H,2-12H2,1H3,(H2,19,20,21,22)/p+1/t13-/m1/s1. The van der Waals surface area contributed by atoms with Crippen LogP contribution in [0.2, 0.25) is 0 Å². The molecule has 2 aliphatic carbocycles. The van der Waals surface area contributed by atoms with E-state index >= 15 is 0 Å². The van der Waals surface area contributed by atoms with Crippen molar-refractivity contribution in [2.75, 3.05) is 0 Å². The van der Waals surface area contributed by atoms with E-state index in [1.807, 2.05) is 6.92 Å². The molecule has 2 rings (SSSR count). The minimum Gasteiger partial charge on any atom is -0.335 e. The molecule has 0 aromatic carbocycles. The highest BCUT2D eigenvalue weighted by atomic mass is 16.2. The van der Waals surface area contributed by atoms with E-state index in [2.05, 4.69) is 16.0 Å². The van der Waals surface area contributed by atoms with Crippen molar-refractivity contribution in [1.29, 1.82) is 0 Å². The second-order valence-corrected chi connectivity index (χ2v) is 7.03. The van der Waals surface area contributed by atoms with Gasteiger partial charge in [0.2, 0.25) is 0 Å². The summed E-state index contributed by atoms with van der Waals surface area (Å²) in [5, 5.41) is 7.56. The largest absolute Gasteiger partial charge is 0.335 e. The number of hydrogen-bond donors (Lipinski definition) is 3. The molecule has 5 nitrogen and oxygen atoms in total. The average molecular weight is 310 g/mol. The zero-order valence-electron chi connectivity index (χ0n) is 13.9. The summed E-state index contributed by atoms with van der Waals surface area (Å²) in [6, 6.07) is 0.255. The molecule has 0 aromatic rings. The Bertz CT molecular complexity index is 359. The molecular weight excluding hydrogens is 278 g/mol. The van der Waals surface area contributed by atoms with Gasteiger partial charge in [0.05, 0.1) is 6.04 Å². The summed E-state index contributed by atoms with van der Waals surface area (Å²) >= 11 is 0. The van der Waals surface area contributed by atoms with Crippen LogP contribution in [0.5, 0.6) is 0 Å². The highest BCUT2D eigenvalue weighted by Gasteiger charge is 2.25. The van der Waals surface area contributed by atoms with Crippen molar-refractivity contribution >= 4 is 11.9 Å². The van der Waals surface area contributed by atoms with Crippen LogP contribution in [-0.2, 0) is 4.79 Å². The van der Waals surface area contributed by atoms with Crippen molar-refractivity contribution in [2.24, 2.45) is 0 Å². The van der Waals surface area contributed by atoms with Gasteiger partial charge in [-0.3, -0.25) is 10.1 Å². The summed E-state index contributed by atoms with van der Waals surface area (Å²) in [5.41, 5.74) is 0. The van der Waals surface area contributed by atoms with Crippen LogP contribution in [-0.4, -0.2) is 30.1 Å². The van der Waals surface area contributed by atoms with Crippen molar-refractivity contribution in [2.45, 2.75) is 95.7 Å². The van der Waals surface area contributed by atoms with Gasteiger partial charge in [-0.2, -0.15) is 0 Å². The summed E-state index contributed by atoms with van der Waals surface area (Å²) in [6.07, 6.45) is 13.3. The zero-order valence-corrected chi connectivity index (χ0v) is 13.9. The molecule has 0 saturated heterocycles. The Morgan fingerprint density at radius 3 is 2.09 bits per heavy atom. The van der Waals surface area contributed by atoms with Crippen LogP contribution >= 0.6 is 0 Å². The number of hydrogen-bond acceptors (Lipinski definition) is 2. The van der Waals surface area contributed by atoms with Gasteiger partial charge in [0, 0.05) is 6.04 Å². The van der Waals surface area contributed by atoms with Crippen molar-refractivity contribution in [3.8, 4) is 0 Å². The minimum atomic E-state index is -0.324. The Kier molecular flexibility index (Phi) is 7.16. The number of nitrogens with one attached hydrogen (secondary N) is 2. The van der Waals surface area contributed by atoms with Gasteiger partial charge >= 0.3 is 6.03 Å². The lowest BCUT2D eigenvalue weighted by Gasteiger charge is -2.21. The Hall–Kier alpha value is -1.10. The molecule has 0 aliphatic heterocycles. The van der Waals surface area contributed by atoms with Crippen molar-refractivity contribution in [3.05, 3.63) is 0 Å². The number of carbonyl (C=O) groups excluding carboxylic acids is 2. The molecule has 0 heterocycles. The van der Waals surface area contributed by atoms with Crippen LogP contribution in [0.25, 0.3) is 0 Å². The fraction of sp³-hybridized carbons (Fsp3) is 0.882. The lowest BCUT2D eigenvalue weighted by atomic mass is 9.96. The first-order chi connectivity index (χ1) is 10.6. The molecule has 2 fully saturated rings. The van der Waals surface area contributed by atoms with Gasteiger partial charge < -0.3 is 10.6 Å². The smallest absolute Gasteiger partial charge is 0.321 e. The molecule has 0 bridgehead atoms. The van der Waals surface area contributed by atoms with Gasteiger partial charge in [-0.1, -0.05) is 32.1 Å². The number of amides is 3. The van der Waals surface area contributed by atoms with Crippen molar-refractivity contribution in [3.63, 3.8) is 0 Å². The van der Waals surface area contributed by atoms with Crippen LogP contribution in [0.4, 0.5) is 4.79 Å². The van der Waals surface area contributed by atoms with Gasteiger partial charge in [0.25, 0.3) is 5.91 Å². The topological polar surface area (TPSA) is 74.8 Å². The number of urea groups is 1. The fourth-order valence-corrected chi connectivity index (χ4v) is 3.69. The second kappa shape index (κ2) is 9.13. The monoisotopic (exact) mass is 310 g/mol. The van der Waals surface area contributed by atoms with E-state index in [4.69, 9.17) is 0 Å². The maximum atomic E-state index is 12.2. The molecule has 126 valence electrons. The molecule has 22 heavy (non-hydrogen) atoms. The molecule has 0 spiro atoms. The molecule has 0 unspecified atom stereocenters. The second-order valence-electron chi connectivity index (χ2n) is 7.03. The third kappa shape index (κ3) is 5.95. The van der Waals surface area contributed by atoms with E-state index in [0.29, 0.717) is 6.04 Å². The number of carbonyl (C=O) groups is 2. The van der Waals surface area contributed by atoms with E-state index in [1.54, 1.807) is 0 Å². The van der Waals surface area contributed by atoms with Gasteiger partial charge in [-0.05, 0) is 45.4 Å². The molecule has 3 amide bonds. The van der Waals surface area contributed by atoms with Crippen molar-refractivity contribution < 1.29 is 14.9 Å². The first kappa shape index (κ1) is 17.3. The molecule has 1 atom stereocenters. The SMILES string of the molecule is C[C@@H]([NH2+]C1CCCCCCC1)C(=O)NC(=O)NC1CCCC1. The summed E-state index contributed by atoms with van der Waals surface area (Å²) in [5.74, 6) is -0.169. The highest BCUT2D eigenvalue weighted by molar-refractivity contribution is 5.96. The van der Waals surface area contributed by atoms with E-state index in [0.717, 1.165) is 12.8 Å². The minimum absolute atomic E-state index is 0.169. The van der Waals surface area contributed by atoms with Crippen LogP contribution < -0.4 is 16.0 Å². The molecule has 4 N–H and O–H groups in total. The Balaban J connectivity index is 1.69. The molecule has 0 aromatic heterocycles. The Morgan fingerprint density at radius 2 is 1.45 bits per heavy atom. The molecule has 5 heteroatoms. The Labute approximate surface area is 134 Å². The summed E-state index contributed by atoms with van der Waals surface area (Å²) in [6.45, 7) is 1.90. The zero-order chi connectivity index (χ0) is 15.8. The first-order valence-corrected chi connectivity index (χ1v) is 9.11. The summed E-state index contributed by atoms with van der Waals surface area (Å²) in [7, 11) is 0. The lowest BCUT2D eigenvalue weighted by molar-refractivity contribution is -0.708. The van der Waals surface area contributed by atoms with Gasteiger partial charge in [-0.15, -0.1) is 0 Å².